The summed E-state index contributed by atoms with van der Waals surface area (Å²) in [5.41, 5.74) is 5.25. The van der Waals surface area contributed by atoms with Crippen molar-refractivity contribution in [2.75, 3.05) is 5.32 Å². The Bertz CT molecular complexity index is 674. The number of hydrogen-bond donors (Lipinski definition) is 1. The Morgan fingerprint density at radius 3 is 2.48 bits per heavy atom. The van der Waals surface area contributed by atoms with Crippen molar-refractivity contribution in [3.63, 3.8) is 0 Å². The van der Waals surface area contributed by atoms with E-state index in [0.29, 0.717) is 6.04 Å². The van der Waals surface area contributed by atoms with E-state index in [2.05, 4.69) is 83.7 Å². The van der Waals surface area contributed by atoms with Crippen LogP contribution in [-0.4, -0.2) is 0 Å². The van der Waals surface area contributed by atoms with E-state index in [0.717, 1.165) is 6.42 Å². The highest BCUT2D eigenvalue weighted by Crippen LogP contribution is 2.25. The second-order valence-corrected chi connectivity index (χ2v) is 6.02. The average molecular weight is 293 g/mol. The van der Waals surface area contributed by atoms with Gasteiger partial charge in [-0.1, -0.05) is 48.5 Å². The topological polar surface area (TPSA) is 12.0 Å². The van der Waals surface area contributed by atoms with Crippen molar-refractivity contribution in [3.05, 3.63) is 88.1 Å². The molecule has 1 nitrogen and oxygen atoms in total. The number of para-hydroxylation sites is 1. The Kier molecular flexibility index (Phi) is 4.37. The second-order valence-electron chi connectivity index (χ2n) is 5.24. The minimum atomic E-state index is 0.327. The summed E-state index contributed by atoms with van der Waals surface area (Å²) in [5.74, 6) is 0. The Morgan fingerprint density at radius 1 is 0.952 bits per heavy atom. The fraction of sp³-hybridized carbons (Fsp3) is 0.158. The maximum atomic E-state index is 3.64. The Balaban J connectivity index is 1.79. The SMILES string of the molecule is CC(Nc1ccccc1Cc1ccccc1)c1ccsc1. The van der Waals surface area contributed by atoms with Gasteiger partial charge < -0.3 is 5.32 Å². The van der Waals surface area contributed by atoms with Gasteiger partial charge in [-0.25, -0.2) is 0 Å². The molecule has 1 aromatic heterocycles. The molecule has 0 saturated heterocycles. The molecular formula is C19H19NS. The molecule has 0 aliphatic carbocycles. The van der Waals surface area contributed by atoms with Crippen LogP contribution in [0.25, 0.3) is 0 Å². The lowest BCUT2D eigenvalue weighted by Crippen LogP contribution is -2.07. The molecule has 0 radical (unpaired) electrons. The highest BCUT2D eigenvalue weighted by atomic mass is 32.1. The van der Waals surface area contributed by atoms with Crippen LogP contribution in [0, 0.1) is 0 Å². The summed E-state index contributed by atoms with van der Waals surface area (Å²) >= 11 is 1.75. The van der Waals surface area contributed by atoms with Crippen LogP contribution in [0.5, 0.6) is 0 Å². The smallest absolute Gasteiger partial charge is 0.0493 e. The van der Waals surface area contributed by atoms with E-state index in [1.54, 1.807) is 11.3 Å². The largest absolute Gasteiger partial charge is 0.378 e. The predicted octanol–water partition coefficient (Wildman–Crippen LogP) is 5.51. The molecule has 0 saturated carbocycles. The van der Waals surface area contributed by atoms with Gasteiger partial charge in [-0.15, -0.1) is 0 Å². The van der Waals surface area contributed by atoms with Crippen LogP contribution in [0.2, 0.25) is 0 Å². The van der Waals surface area contributed by atoms with Crippen molar-refractivity contribution in [1.29, 1.82) is 0 Å². The molecule has 0 aliphatic rings. The Labute approximate surface area is 130 Å². The van der Waals surface area contributed by atoms with Crippen molar-refractivity contribution >= 4 is 17.0 Å². The zero-order chi connectivity index (χ0) is 14.5. The fourth-order valence-corrected chi connectivity index (χ4v) is 3.22. The molecule has 0 amide bonds. The number of benzene rings is 2. The van der Waals surface area contributed by atoms with Crippen LogP contribution >= 0.6 is 11.3 Å². The molecule has 2 aromatic carbocycles. The summed E-state index contributed by atoms with van der Waals surface area (Å²) in [7, 11) is 0. The van der Waals surface area contributed by atoms with Gasteiger partial charge in [0.05, 0.1) is 0 Å². The van der Waals surface area contributed by atoms with Gasteiger partial charge in [0.15, 0.2) is 0 Å². The van der Waals surface area contributed by atoms with E-state index in [1.165, 1.54) is 22.4 Å². The fourth-order valence-electron chi connectivity index (χ4n) is 2.47. The molecule has 3 rings (SSSR count). The monoisotopic (exact) mass is 293 g/mol. The first-order valence-electron chi connectivity index (χ1n) is 7.23. The lowest BCUT2D eigenvalue weighted by Gasteiger charge is -2.17. The standard InChI is InChI=1S/C19H19NS/c1-15(18-11-12-21-14-18)20-19-10-6-5-9-17(19)13-16-7-3-2-4-8-16/h2-12,14-15,20H,13H2,1H3. The van der Waals surface area contributed by atoms with E-state index >= 15 is 0 Å². The molecule has 1 unspecified atom stereocenters. The van der Waals surface area contributed by atoms with Crippen LogP contribution in [0.4, 0.5) is 5.69 Å². The number of nitrogens with one attached hydrogen (secondary N) is 1. The Hall–Kier alpha value is -2.06. The number of thiophene rings is 1. The Morgan fingerprint density at radius 2 is 1.71 bits per heavy atom. The summed E-state index contributed by atoms with van der Waals surface area (Å²) in [6.45, 7) is 2.21. The molecule has 0 aliphatic heterocycles. The summed E-state index contributed by atoms with van der Waals surface area (Å²) in [6.07, 6.45) is 0.959. The van der Waals surface area contributed by atoms with Crippen molar-refractivity contribution in [2.45, 2.75) is 19.4 Å². The molecule has 1 N–H and O–H groups in total. The number of hydrogen-bond acceptors (Lipinski definition) is 2. The summed E-state index contributed by atoms with van der Waals surface area (Å²) in [6, 6.07) is 21.7. The maximum absolute atomic E-state index is 3.64. The highest BCUT2D eigenvalue weighted by molar-refractivity contribution is 7.07. The first kappa shape index (κ1) is 13.9. The van der Waals surface area contributed by atoms with Gasteiger partial charge in [0.1, 0.15) is 0 Å². The third kappa shape index (κ3) is 3.53. The van der Waals surface area contributed by atoms with Crippen molar-refractivity contribution in [2.24, 2.45) is 0 Å². The van der Waals surface area contributed by atoms with Gasteiger partial charge in [-0.3, -0.25) is 0 Å². The highest BCUT2D eigenvalue weighted by Gasteiger charge is 2.08. The average Bonchev–Trinajstić information content (AvgIpc) is 3.05. The first-order valence-corrected chi connectivity index (χ1v) is 8.17. The van der Waals surface area contributed by atoms with Crippen LogP contribution in [0.1, 0.15) is 29.7 Å². The normalized spacial score (nSPS) is 12.0. The molecule has 0 spiro atoms. The zero-order valence-corrected chi connectivity index (χ0v) is 12.9. The predicted molar refractivity (Wildman–Crippen MR) is 92.0 cm³/mol. The van der Waals surface area contributed by atoms with Crippen LogP contribution in [-0.2, 0) is 6.42 Å². The summed E-state index contributed by atoms with van der Waals surface area (Å²) in [5, 5.41) is 7.97. The van der Waals surface area contributed by atoms with Crippen molar-refractivity contribution in [3.8, 4) is 0 Å². The minimum absolute atomic E-state index is 0.327. The van der Waals surface area contributed by atoms with Crippen LogP contribution in [0.3, 0.4) is 0 Å². The van der Waals surface area contributed by atoms with Gasteiger partial charge in [0.25, 0.3) is 0 Å². The molecule has 2 heteroatoms. The minimum Gasteiger partial charge on any atom is -0.378 e. The van der Waals surface area contributed by atoms with E-state index in [4.69, 9.17) is 0 Å². The molecule has 0 fully saturated rings. The molecule has 21 heavy (non-hydrogen) atoms. The number of rotatable bonds is 5. The molecular weight excluding hydrogens is 274 g/mol. The summed E-state index contributed by atoms with van der Waals surface area (Å²) in [4.78, 5) is 0. The van der Waals surface area contributed by atoms with E-state index in [1.807, 2.05) is 0 Å². The van der Waals surface area contributed by atoms with Gasteiger partial charge in [-0.2, -0.15) is 11.3 Å². The van der Waals surface area contributed by atoms with Crippen molar-refractivity contribution < 1.29 is 0 Å². The van der Waals surface area contributed by atoms with Gasteiger partial charge in [0, 0.05) is 11.7 Å². The third-order valence-corrected chi connectivity index (χ3v) is 4.37. The molecule has 3 aromatic rings. The second kappa shape index (κ2) is 6.59. The lowest BCUT2D eigenvalue weighted by atomic mass is 10.0. The number of anilines is 1. The van der Waals surface area contributed by atoms with Gasteiger partial charge >= 0.3 is 0 Å². The van der Waals surface area contributed by atoms with Crippen LogP contribution in [0.15, 0.2) is 71.4 Å². The molecule has 1 heterocycles. The molecule has 0 bridgehead atoms. The summed E-state index contributed by atoms with van der Waals surface area (Å²) < 4.78 is 0. The maximum Gasteiger partial charge on any atom is 0.0493 e. The zero-order valence-electron chi connectivity index (χ0n) is 12.1. The van der Waals surface area contributed by atoms with Crippen LogP contribution < -0.4 is 5.32 Å². The van der Waals surface area contributed by atoms with Crippen molar-refractivity contribution in [1.82, 2.24) is 0 Å². The quantitative estimate of drug-likeness (QED) is 0.654. The lowest BCUT2D eigenvalue weighted by molar-refractivity contribution is 0.886. The molecule has 106 valence electrons. The molecule has 1 atom stereocenters. The first-order chi connectivity index (χ1) is 10.3. The van der Waals surface area contributed by atoms with Gasteiger partial charge in [0.2, 0.25) is 0 Å². The van der Waals surface area contributed by atoms with E-state index < -0.39 is 0 Å². The third-order valence-electron chi connectivity index (χ3n) is 3.67. The van der Waals surface area contributed by atoms with E-state index in [9.17, 15) is 0 Å². The van der Waals surface area contributed by atoms with Gasteiger partial charge in [-0.05, 0) is 52.9 Å². The van der Waals surface area contributed by atoms with E-state index in [-0.39, 0.29) is 0 Å².